The molecule has 0 unspecified atom stereocenters. The molecule has 3 heteroatoms. The van der Waals surface area contributed by atoms with Gasteiger partial charge >= 0.3 is 0 Å². The van der Waals surface area contributed by atoms with E-state index in [0.29, 0.717) is 12.4 Å². The van der Waals surface area contributed by atoms with Gasteiger partial charge in [-0.05, 0) is 38.8 Å². The van der Waals surface area contributed by atoms with Gasteiger partial charge < -0.3 is 9.64 Å². The minimum atomic E-state index is -0.437. The number of ether oxygens (including phenoxy) is 1. The standard InChI is InChI=1S/C19H35NO2/c1-3-20(4-2)15-16-22-19(13-9-6-10-14-19)18(21)17-11-7-5-8-12-17/h17H,3-16H2,1-2H3. The number of carbonyl (C=O) groups is 1. The summed E-state index contributed by atoms with van der Waals surface area (Å²) in [5.41, 5.74) is -0.437. The largest absolute Gasteiger partial charge is 0.366 e. The summed E-state index contributed by atoms with van der Waals surface area (Å²) in [6, 6.07) is 0. The molecule has 0 radical (unpaired) electrons. The van der Waals surface area contributed by atoms with Crippen molar-refractivity contribution in [1.29, 1.82) is 0 Å². The molecule has 0 N–H and O–H groups in total. The van der Waals surface area contributed by atoms with Crippen molar-refractivity contribution in [3.8, 4) is 0 Å². The van der Waals surface area contributed by atoms with Crippen LogP contribution in [0.25, 0.3) is 0 Å². The topological polar surface area (TPSA) is 29.5 Å². The lowest BCUT2D eigenvalue weighted by Crippen LogP contribution is -2.48. The highest BCUT2D eigenvalue weighted by molar-refractivity contribution is 5.89. The fourth-order valence-electron chi connectivity index (χ4n) is 4.23. The predicted octanol–water partition coefficient (Wildman–Crippen LogP) is 4.20. The summed E-state index contributed by atoms with van der Waals surface area (Å²) in [4.78, 5) is 15.5. The van der Waals surface area contributed by atoms with E-state index in [2.05, 4.69) is 18.7 Å². The summed E-state index contributed by atoms with van der Waals surface area (Å²) in [7, 11) is 0. The van der Waals surface area contributed by atoms with Gasteiger partial charge in [0.05, 0.1) is 6.61 Å². The second kappa shape index (κ2) is 9.02. The molecule has 2 aliphatic rings. The van der Waals surface area contributed by atoms with Crippen LogP contribution in [0.5, 0.6) is 0 Å². The van der Waals surface area contributed by atoms with Crippen LogP contribution in [0.4, 0.5) is 0 Å². The Labute approximate surface area is 136 Å². The Morgan fingerprint density at radius 2 is 1.59 bits per heavy atom. The van der Waals surface area contributed by atoms with Crippen LogP contribution in [-0.2, 0) is 9.53 Å². The maximum atomic E-state index is 13.2. The van der Waals surface area contributed by atoms with Crippen molar-refractivity contribution < 1.29 is 9.53 Å². The third-order valence-electron chi connectivity index (χ3n) is 5.77. The van der Waals surface area contributed by atoms with Crippen molar-refractivity contribution in [3.05, 3.63) is 0 Å². The molecule has 2 aliphatic carbocycles. The molecule has 2 saturated carbocycles. The minimum absolute atomic E-state index is 0.278. The first kappa shape index (κ1) is 17.9. The van der Waals surface area contributed by atoms with Crippen LogP contribution >= 0.6 is 0 Å². The van der Waals surface area contributed by atoms with Gasteiger partial charge in [-0.2, -0.15) is 0 Å². The van der Waals surface area contributed by atoms with Crippen LogP contribution in [-0.4, -0.2) is 42.5 Å². The highest BCUT2D eigenvalue weighted by Gasteiger charge is 2.43. The summed E-state index contributed by atoms with van der Waals surface area (Å²) < 4.78 is 6.33. The van der Waals surface area contributed by atoms with E-state index in [1.807, 2.05) is 0 Å². The summed E-state index contributed by atoms with van der Waals surface area (Å²) in [6.45, 7) is 8.15. The fraction of sp³-hybridized carbons (Fsp3) is 0.947. The van der Waals surface area contributed by atoms with E-state index in [9.17, 15) is 4.79 Å². The molecule has 0 aromatic heterocycles. The molecule has 0 aromatic carbocycles. The van der Waals surface area contributed by atoms with E-state index in [4.69, 9.17) is 4.74 Å². The van der Waals surface area contributed by atoms with Crippen LogP contribution in [0, 0.1) is 5.92 Å². The highest BCUT2D eigenvalue weighted by Crippen LogP contribution is 2.38. The number of rotatable bonds is 8. The second-order valence-electron chi connectivity index (χ2n) is 7.13. The van der Waals surface area contributed by atoms with Gasteiger partial charge in [0.15, 0.2) is 5.78 Å². The summed E-state index contributed by atoms with van der Waals surface area (Å²) in [6.07, 6.45) is 11.4. The lowest BCUT2D eigenvalue weighted by atomic mass is 9.73. The first-order valence-electron chi connectivity index (χ1n) is 9.62. The third-order valence-corrected chi connectivity index (χ3v) is 5.77. The van der Waals surface area contributed by atoms with Crippen LogP contribution in [0.1, 0.15) is 78.1 Å². The fourth-order valence-corrected chi connectivity index (χ4v) is 4.23. The van der Waals surface area contributed by atoms with E-state index in [1.54, 1.807) is 0 Å². The molecule has 22 heavy (non-hydrogen) atoms. The van der Waals surface area contributed by atoms with Crippen molar-refractivity contribution in [1.82, 2.24) is 4.90 Å². The molecule has 0 saturated heterocycles. The van der Waals surface area contributed by atoms with Crippen molar-refractivity contribution in [2.75, 3.05) is 26.2 Å². The van der Waals surface area contributed by atoms with E-state index >= 15 is 0 Å². The Hall–Kier alpha value is -0.410. The summed E-state index contributed by atoms with van der Waals surface area (Å²) in [5, 5.41) is 0. The molecular weight excluding hydrogens is 274 g/mol. The van der Waals surface area contributed by atoms with Gasteiger partial charge in [0.1, 0.15) is 5.60 Å². The lowest BCUT2D eigenvalue weighted by Gasteiger charge is -2.39. The normalized spacial score (nSPS) is 22.9. The average molecular weight is 309 g/mol. The van der Waals surface area contributed by atoms with Gasteiger partial charge in [-0.3, -0.25) is 4.79 Å². The smallest absolute Gasteiger partial charge is 0.167 e. The zero-order valence-electron chi connectivity index (χ0n) is 14.7. The van der Waals surface area contributed by atoms with Gasteiger partial charge in [-0.1, -0.05) is 52.4 Å². The van der Waals surface area contributed by atoms with Gasteiger partial charge in [0.25, 0.3) is 0 Å². The Kier molecular flexibility index (Phi) is 7.36. The molecular formula is C19H35NO2. The Balaban J connectivity index is 1.95. The number of carbonyl (C=O) groups excluding carboxylic acids is 1. The number of nitrogens with zero attached hydrogens (tertiary/aromatic N) is 1. The quantitative estimate of drug-likeness (QED) is 0.673. The first-order chi connectivity index (χ1) is 10.7. The highest BCUT2D eigenvalue weighted by atomic mass is 16.5. The van der Waals surface area contributed by atoms with E-state index in [1.165, 1.54) is 25.7 Å². The SMILES string of the molecule is CCN(CC)CCOC1(C(=O)C2CCCCC2)CCCCC1. The Bertz CT molecular complexity index is 326. The second-order valence-corrected chi connectivity index (χ2v) is 7.13. The predicted molar refractivity (Wildman–Crippen MR) is 91.1 cm³/mol. The maximum absolute atomic E-state index is 13.2. The van der Waals surface area contributed by atoms with Crippen LogP contribution in [0.15, 0.2) is 0 Å². The summed E-state index contributed by atoms with van der Waals surface area (Å²) in [5.74, 6) is 0.728. The number of hydrogen-bond acceptors (Lipinski definition) is 3. The average Bonchev–Trinajstić information content (AvgIpc) is 2.60. The lowest BCUT2D eigenvalue weighted by molar-refractivity contribution is -0.155. The van der Waals surface area contributed by atoms with Crippen LogP contribution in [0.3, 0.4) is 0 Å². The number of likely N-dealkylation sites (N-methyl/N-ethyl adjacent to an activating group) is 1. The van der Waals surface area contributed by atoms with Crippen molar-refractivity contribution >= 4 is 5.78 Å². The monoisotopic (exact) mass is 309 g/mol. The van der Waals surface area contributed by atoms with Gasteiger partial charge in [0, 0.05) is 12.5 Å². The molecule has 0 bridgehead atoms. The molecule has 0 heterocycles. The Morgan fingerprint density at radius 1 is 1.00 bits per heavy atom. The van der Waals surface area contributed by atoms with E-state index in [0.717, 1.165) is 58.2 Å². The molecule has 0 spiro atoms. The third kappa shape index (κ3) is 4.55. The van der Waals surface area contributed by atoms with Gasteiger partial charge in [-0.25, -0.2) is 0 Å². The van der Waals surface area contributed by atoms with Crippen LogP contribution < -0.4 is 0 Å². The van der Waals surface area contributed by atoms with Gasteiger partial charge in [-0.15, -0.1) is 0 Å². The molecule has 3 nitrogen and oxygen atoms in total. The number of hydrogen-bond donors (Lipinski definition) is 0. The maximum Gasteiger partial charge on any atom is 0.167 e. The van der Waals surface area contributed by atoms with Gasteiger partial charge in [0.2, 0.25) is 0 Å². The van der Waals surface area contributed by atoms with Crippen molar-refractivity contribution in [2.24, 2.45) is 5.92 Å². The van der Waals surface area contributed by atoms with Crippen molar-refractivity contribution in [3.63, 3.8) is 0 Å². The molecule has 128 valence electrons. The molecule has 2 fully saturated rings. The zero-order valence-corrected chi connectivity index (χ0v) is 14.7. The summed E-state index contributed by atoms with van der Waals surface area (Å²) >= 11 is 0. The molecule has 0 aromatic rings. The number of ketones is 1. The zero-order chi connectivity index (χ0) is 15.8. The molecule has 0 amide bonds. The minimum Gasteiger partial charge on any atom is -0.366 e. The van der Waals surface area contributed by atoms with Crippen molar-refractivity contribution in [2.45, 2.75) is 83.7 Å². The van der Waals surface area contributed by atoms with Crippen LogP contribution in [0.2, 0.25) is 0 Å². The molecule has 0 aliphatic heterocycles. The van der Waals surface area contributed by atoms with E-state index in [-0.39, 0.29) is 5.92 Å². The first-order valence-corrected chi connectivity index (χ1v) is 9.62. The van der Waals surface area contributed by atoms with E-state index < -0.39 is 5.60 Å². The Morgan fingerprint density at radius 3 is 2.18 bits per heavy atom. The molecule has 2 rings (SSSR count). The molecule has 0 atom stereocenters. The number of Topliss-reactive ketones (excluding diaryl/α,β-unsaturated/α-hetero) is 1.